The first-order chi connectivity index (χ1) is 10.3. The third-order valence-corrected chi connectivity index (χ3v) is 4.31. The van der Waals surface area contributed by atoms with Gasteiger partial charge in [-0.1, -0.05) is 6.92 Å². The summed E-state index contributed by atoms with van der Waals surface area (Å²) in [6.07, 6.45) is 1.92. The van der Waals surface area contributed by atoms with Gasteiger partial charge in [-0.05, 0) is 57.9 Å². The van der Waals surface area contributed by atoms with Crippen molar-refractivity contribution in [1.29, 1.82) is 0 Å². The Morgan fingerprint density at radius 1 is 1.27 bits per heavy atom. The van der Waals surface area contributed by atoms with Gasteiger partial charge in [-0.25, -0.2) is 4.79 Å². The number of urea groups is 1. The first-order valence-corrected chi connectivity index (χ1v) is 7.83. The van der Waals surface area contributed by atoms with E-state index in [4.69, 9.17) is 0 Å². The minimum atomic E-state index is -0.0898. The van der Waals surface area contributed by atoms with Crippen molar-refractivity contribution in [2.45, 2.75) is 52.1 Å². The summed E-state index contributed by atoms with van der Waals surface area (Å²) < 4.78 is 0. The number of hydrogen-bond acceptors (Lipinski definition) is 2. The average molecular weight is 303 g/mol. The molecule has 1 aliphatic heterocycles. The van der Waals surface area contributed by atoms with Gasteiger partial charge in [-0.3, -0.25) is 4.79 Å². The standard InChI is InChI=1S/C17H25N3O2/c1-5-12(2)18-15(21)13-6-8-14(9-7-13)19-16(22)20-11-10-17(20,3)4/h6-9,12H,5,10-11H2,1-4H3,(H,18,21)(H,19,22)/t12-/m0/s1. The van der Waals surface area contributed by atoms with Crippen molar-refractivity contribution >= 4 is 17.6 Å². The maximum absolute atomic E-state index is 12.1. The summed E-state index contributed by atoms with van der Waals surface area (Å²) in [6, 6.07) is 7.05. The summed E-state index contributed by atoms with van der Waals surface area (Å²) in [4.78, 5) is 26.0. The summed E-state index contributed by atoms with van der Waals surface area (Å²) in [5.74, 6) is -0.0869. The molecule has 0 unspecified atom stereocenters. The topological polar surface area (TPSA) is 61.4 Å². The summed E-state index contributed by atoms with van der Waals surface area (Å²) >= 11 is 0. The normalized spacial score (nSPS) is 17.4. The lowest BCUT2D eigenvalue weighted by Gasteiger charge is -2.48. The Morgan fingerprint density at radius 2 is 1.91 bits per heavy atom. The Bertz CT molecular complexity index is 552. The first-order valence-electron chi connectivity index (χ1n) is 7.83. The fraction of sp³-hybridized carbons (Fsp3) is 0.529. The molecule has 120 valence electrons. The van der Waals surface area contributed by atoms with E-state index in [1.165, 1.54) is 0 Å². The summed E-state index contributed by atoms with van der Waals surface area (Å²) in [5, 5.41) is 5.79. The fourth-order valence-corrected chi connectivity index (χ4v) is 2.35. The Balaban J connectivity index is 1.94. The van der Waals surface area contributed by atoms with Crippen molar-refractivity contribution in [3.63, 3.8) is 0 Å². The molecule has 1 heterocycles. The molecule has 0 bridgehead atoms. The van der Waals surface area contributed by atoms with Crippen molar-refractivity contribution in [1.82, 2.24) is 10.2 Å². The molecular formula is C17H25N3O2. The monoisotopic (exact) mass is 303 g/mol. The van der Waals surface area contributed by atoms with Gasteiger partial charge in [0.1, 0.15) is 0 Å². The number of hydrogen-bond donors (Lipinski definition) is 2. The smallest absolute Gasteiger partial charge is 0.322 e. The van der Waals surface area contributed by atoms with Gasteiger partial charge in [0.15, 0.2) is 0 Å². The van der Waals surface area contributed by atoms with Gasteiger partial charge >= 0.3 is 6.03 Å². The molecule has 0 radical (unpaired) electrons. The van der Waals surface area contributed by atoms with Crippen LogP contribution in [0, 0.1) is 0 Å². The van der Waals surface area contributed by atoms with Crippen LogP contribution in [0.2, 0.25) is 0 Å². The van der Waals surface area contributed by atoms with Crippen LogP contribution < -0.4 is 10.6 Å². The molecule has 1 aliphatic rings. The number of nitrogens with one attached hydrogen (secondary N) is 2. The van der Waals surface area contributed by atoms with Crippen LogP contribution in [0.3, 0.4) is 0 Å². The minimum Gasteiger partial charge on any atom is -0.350 e. The van der Waals surface area contributed by atoms with Crippen LogP contribution in [0.15, 0.2) is 24.3 Å². The second-order valence-corrected chi connectivity index (χ2v) is 6.50. The zero-order chi connectivity index (χ0) is 16.3. The number of carbonyl (C=O) groups is 2. The first kappa shape index (κ1) is 16.3. The number of anilines is 1. The van der Waals surface area contributed by atoms with Crippen LogP contribution in [0.25, 0.3) is 0 Å². The average Bonchev–Trinajstić information content (AvgIpc) is 2.46. The summed E-state index contributed by atoms with van der Waals surface area (Å²) in [5.41, 5.74) is 1.23. The van der Waals surface area contributed by atoms with E-state index in [0.29, 0.717) is 11.3 Å². The van der Waals surface area contributed by atoms with Gasteiger partial charge in [0, 0.05) is 29.4 Å². The Morgan fingerprint density at radius 3 is 2.36 bits per heavy atom. The molecule has 0 saturated carbocycles. The van der Waals surface area contributed by atoms with Crippen molar-refractivity contribution in [2.24, 2.45) is 0 Å². The second kappa shape index (κ2) is 6.38. The van der Waals surface area contributed by atoms with Gasteiger partial charge in [0.25, 0.3) is 5.91 Å². The van der Waals surface area contributed by atoms with Gasteiger partial charge in [0.2, 0.25) is 0 Å². The maximum atomic E-state index is 12.1. The minimum absolute atomic E-state index is 0.0692. The van der Waals surface area contributed by atoms with Crippen molar-refractivity contribution in [2.75, 3.05) is 11.9 Å². The quantitative estimate of drug-likeness (QED) is 0.897. The Labute approximate surface area is 132 Å². The molecule has 3 amide bonds. The van der Waals surface area contributed by atoms with Crippen molar-refractivity contribution in [3.8, 4) is 0 Å². The third-order valence-electron chi connectivity index (χ3n) is 4.31. The van der Waals surface area contributed by atoms with Crippen LogP contribution in [-0.2, 0) is 0 Å². The highest BCUT2D eigenvalue weighted by atomic mass is 16.2. The SMILES string of the molecule is CC[C@H](C)NC(=O)c1ccc(NC(=O)N2CCC2(C)C)cc1. The molecule has 2 rings (SSSR count). The van der Waals surface area contributed by atoms with Crippen LogP contribution in [0.1, 0.15) is 50.9 Å². The fourth-order valence-electron chi connectivity index (χ4n) is 2.35. The predicted octanol–water partition coefficient (Wildman–Crippen LogP) is 3.23. The Kier molecular flexibility index (Phi) is 4.74. The molecule has 0 spiro atoms. The molecule has 1 saturated heterocycles. The zero-order valence-electron chi connectivity index (χ0n) is 13.8. The van der Waals surface area contributed by atoms with Crippen LogP contribution in [-0.4, -0.2) is 35.0 Å². The summed E-state index contributed by atoms with van der Waals surface area (Å²) in [6.45, 7) is 8.90. The van der Waals surface area contributed by atoms with E-state index >= 15 is 0 Å². The van der Waals surface area contributed by atoms with Crippen LogP contribution in [0.4, 0.5) is 10.5 Å². The molecule has 1 fully saturated rings. The Hall–Kier alpha value is -2.04. The van der Waals surface area contributed by atoms with Crippen LogP contribution in [0.5, 0.6) is 0 Å². The number of benzene rings is 1. The number of amides is 3. The number of rotatable bonds is 4. The number of likely N-dealkylation sites (tertiary alicyclic amines) is 1. The lowest BCUT2D eigenvalue weighted by molar-refractivity contribution is 0.0611. The second-order valence-electron chi connectivity index (χ2n) is 6.50. The van der Waals surface area contributed by atoms with Gasteiger partial charge in [0.05, 0.1) is 0 Å². The third kappa shape index (κ3) is 3.59. The van der Waals surface area contributed by atoms with Crippen molar-refractivity contribution < 1.29 is 9.59 Å². The van der Waals surface area contributed by atoms with E-state index in [1.807, 2.05) is 18.7 Å². The van der Waals surface area contributed by atoms with Crippen LogP contribution >= 0.6 is 0 Å². The molecule has 5 nitrogen and oxygen atoms in total. The lowest BCUT2D eigenvalue weighted by Crippen LogP contribution is -2.59. The number of carbonyl (C=O) groups excluding carboxylic acids is 2. The molecule has 1 aromatic carbocycles. The van der Waals surface area contributed by atoms with E-state index in [2.05, 4.69) is 24.5 Å². The van der Waals surface area contributed by atoms with E-state index < -0.39 is 0 Å². The van der Waals surface area contributed by atoms with E-state index in [9.17, 15) is 9.59 Å². The highest BCUT2D eigenvalue weighted by Crippen LogP contribution is 2.29. The molecule has 0 aliphatic carbocycles. The summed E-state index contributed by atoms with van der Waals surface area (Å²) in [7, 11) is 0. The highest BCUT2D eigenvalue weighted by Gasteiger charge is 2.39. The van der Waals surface area contributed by atoms with Gasteiger partial charge in [-0.2, -0.15) is 0 Å². The molecular weight excluding hydrogens is 278 g/mol. The largest absolute Gasteiger partial charge is 0.350 e. The molecule has 5 heteroatoms. The molecule has 1 aromatic rings. The van der Waals surface area contributed by atoms with Crippen molar-refractivity contribution in [3.05, 3.63) is 29.8 Å². The molecule has 0 aromatic heterocycles. The maximum Gasteiger partial charge on any atom is 0.322 e. The number of nitrogens with zero attached hydrogens (tertiary/aromatic N) is 1. The zero-order valence-corrected chi connectivity index (χ0v) is 13.8. The molecule has 1 atom stereocenters. The van der Waals surface area contributed by atoms with Gasteiger partial charge < -0.3 is 15.5 Å². The predicted molar refractivity (Wildman–Crippen MR) is 88.1 cm³/mol. The van der Waals surface area contributed by atoms with Gasteiger partial charge in [-0.15, -0.1) is 0 Å². The van der Waals surface area contributed by atoms with E-state index in [-0.39, 0.29) is 23.5 Å². The molecule has 2 N–H and O–H groups in total. The highest BCUT2D eigenvalue weighted by molar-refractivity contribution is 5.95. The van der Waals surface area contributed by atoms with E-state index in [0.717, 1.165) is 19.4 Å². The lowest BCUT2D eigenvalue weighted by atomic mass is 9.89. The molecule has 22 heavy (non-hydrogen) atoms. The van der Waals surface area contributed by atoms with E-state index in [1.54, 1.807) is 24.3 Å².